The van der Waals surface area contributed by atoms with Crippen LogP contribution in [0.3, 0.4) is 0 Å². The third-order valence-corrected chi connectivity index (χ3v) is 3.04. The number of H-pyrrole nitrogens is 1. The van der Waals surface area contributed by atoms with Crippen molar-refractivity contribution in [2.45, 2.75) is 12.8 Å². The second kappa shape index (κ2) is 5.49. The zero-order valence-corrected chi connectivity index (χ0v) is 10.6. The molecule has 0 radical (unpaired) electrons. The van der Waals surface area contributed by atoms with Gasteiger partial charge in [-0.25, -0.2) is 4.98 Å². The molecule has 0 spiro atoms. The number of nitrogens with one attached hydrogen (secondary N) is 1. The van der Waals surface area contributed by atoms with Gasteiger partial charge >= 0.3 is 0 Å². The van der Waals surface area contributed by atoms with E-state index < -0.39 is 0 Å². The van der Waals surface area contributed by atoms with Crippen LogP contribution in [0.5, 0.6) is 0 Å². The minimum Gasteiger partial charge on any atom is -0.330 e. The van der Waals surface area contributed by atoms with E-state index in [2.05, 4.69) is 15.2 Å². The van der Waals surface area contributed by atoms with E-state index in [1.165, 1.54) is 0 Å². The van der Waals surface area contributed by atoms with Crippen LogP contribution >= 0.6 is 23.2 Å². The molecule has 17 heavy (non-hydrogen) atoms. The highest BCUT2D eigenvalue weighted by Crippen LogP contribution is 2.23. The number of aromatic nitrogens is 3. The van der Waals surface area contributed by atoms with Crippen LogP contribution in [0.4, 0.5) is 0 Å². The number of halogens is 2. The van der Waals surface area contributed by atoms with Crippen molar-refractivity contribution in [2.24, 2.45) is 5.73 Å². The quantitative estimate of drug-likeness (QED) is 0.895. The highest BCUT2D eigenvalue weighted by molar-refractivity contribution is 6.42. The Hall–Kier alpha value is -1.10. The van der Waals surface area contributed by atoms with Crippen LogP contribution in [0.25, 0.3) is 0 Å². The van der Waals surface area contributed by atoms with Crippen LogP contribution in [0.2, 0.25) is 10.0 Å². The van der Waals surface area contributed by atoms with Crippen molar-refractivity contribution < 1.29 is 0 Å². The van der Waals surface area contributed by atoms with Crippen molar-refractivity contribution in [1.29, 1.82) is 0 Å². The van der Waals surface area contributed by atoms with Crippen LogP contribution in [-0.4, -0.2) is 21.7 Å². The summed E-state index contributed by atoms with van der Waals surface area (Å²) in [5.41, 5.74) is 6.47. The minimum atomic E-state index is 0.546. The highest BCUT2D eigenvalue weighted by atomic mass is 35.5. The molecule has 0 amide bonds. The number of nitrogens with two attached hydrogens (primary N) is 1. The van der Waals surface area contributed by atoms with E-state index in [0.29, 0.717) is 29.4 Å². The third kappa shape index (κ3) is 3.19. The van der Waals surface area contributed by atoms with Crippen molar-refractivity contribution in [3.05, 3.63) is 45.5 Å². The second-order valence-electron chi connectivity index (χ2n) is 3.66. The maximum Gasteiger partial charge on any atom is 0.151 e. The number of hydrogen-bond donors (Lipinski definition) is 2. The normalized spacial score (nSPS) is 10.8. The molecule has 1 heterocycles. The van der Waals surface area contributed by atoms with E-state index >= 15 is 0 Å². The molecule has 1 aromatic carbocycles. The average Bonchev–Trinajstić information content (AvgIpc) is 2.72. The molecule has 0 saturated carbocycles. The summed E-state index contributed by atoms with van der Waals surface area (Å²) in [4.78, 5) is 4.32. The van der Waals surface area contributed by atoms with Gasteiger partial charge in [-0.05, 0) is 24.2 Å². The summed E-state index contributed by atoms with van der Waals surface area (Å²) >= 11 is 11.8. The lowest BCUT2D eigenvalue weighted by Gasteiger charge is -2.00. The third-order valence-electron chi connectivity index (χ3n) is 2.30. The van der Waals surface area contributed by atoms with Gasteiger partial charge in [0.25, 0.3) is 0 Å². The Morgan fingerprint density at radius 2 is 2.06 bits per heavy atom. The lowest BCUT2D eigenvalue weighted by molar-refractivity contribution is 0.874. The molecule has 0 atom stereocenters. The van der Waals surface area contributed by atoms with Crippen LogP contribution in [0.15, 0.2) is 18.2 Å². The number of rotatable bonds is 4. The summed E-state index contributed by atoms with van der Waals surface area (Å²) in [6.45, 7) is 0.546. The van der Waals surface area contributed by atoms with Gasteiger partial charge in [0.15, 0.2) is 5.82 Å². The number of hydrogen-bond acceptors (Lipinski definition) is 3. The molecular formula is C11H12Cl2N4. The van der Waals surface area contributed by atoms with Crippen LogP contribution < -0.4 is 5.73 Å². The number of aromatic amines is 1. The fourth-order valence-electron chi connectivity index (χ4n) is 1.50. The minimum absolute atomic E-state index is 0.546. The standard InChI is InChI=1S/C11H12Cl2N4/c12-8-2-1-7(5-9(8)13)6-11-15-10(3-4-14)16-17-11/h1-2,5H,3-4,6,14H2,(H,15,16,17). The van der Waals surface area contributed by atoms with Gasteiger partial charge in [0.1, 0.15) is 5.82 Å². The first kappa shape index (κ1) is 12.4. The van der Waals surface area contributed by atoms with E-state index in [0.717, 1.165) is 17.2 Å². The summed E-state index contributed by atoms with van der Waals surface area (Å²) in [6, 6.07) is 5.52. The molecule has 1 aromatic heterocycles. The van der Waals surface area contributed by atoms with Crippen molar-refractivity contribution in [1.82, 2.24) is 15.2 Å². The Bertz CT molecular complexity index is 510. The fourth-order valence-corrected chi connectivity index (χ4v) is 1.82. The smallest absolute Gasteiger partial charge is 0.151 e. The van der Waals surface area contributed by atoms with E-state index in [-0.39, 0.29) is 0 Å². The molecular weight excluding hydrogens is 259 g/mol. The molecule has 0 saturated heterocycles. The predicted molar refractivity (Wildman–Crippen MR) is 68.4 cm³/mol. The summed E-state index contributed by atoms with van der Waals surface area (Å²) < 4.78 is 0. The lowest BCUT2D eigenvalue weighted by atomic mass is 10.1. The SMILES string of the molecule is NCCc1n[nH]c(Cc2ccc(Cl)c(Cl)c2)n1. The van der Waals surface area contributed by atoms with E-state index in [4.69, 9.17) is 28.9 Å². The first-order chi connectivity index (χ1) is 8.19. The molecule has 0 aliphatic rings. The van der Waals surface area contributed by atoms with E-state index in [1.807, 2.05) is 12.1 Å². The second-order valence-corrected chi connectivity index (χ2v) is 4.48. The molecule has 6 heteroatoms. The summed E-state index contributed by atoms with van der Waals surface area (Å²) in [7, 11) is 0. The first-order valence-corrected chi connectivity index (χ1v) is 5.99. The highest BCUT2D eigenvalue weighted by Gasteiger charge is 2.05. The Labute approximate surface area is 109 Å². The largest absolute Gasteiger partial charge is 0.330 e. The number of benzene rings is 1. The molecule has 90 valence electrons. The molecule has 0 bridgehead atoms. The van der Waals surface area contributed by atoms with Gasteiger partial charge in [-0.2, -0.15) is 5.10 Å². The summed E-state index contributed by atoms with van der Waals surface area (Å²) in [5, 5.41) is 8.05. The Balaban J connectivity index is 2.11. The molecule has 0 unspecified atom stereocenters. The lowest BCUT2D eigenvalue weighted by Crippen LogP contribution is -2.04. The predicted octanol–water partition coefficient (Wildman–Crippen LogP) is 2.20. The van der Waals surface area contributed by atoms with E-state index in [9.17, 15) is 0 Å². The maximum absolute atomic E-state index is 5.94. The monoisotopic (exact) mass is 270 g/mol. The van der Waals surface area contributed by atoms with Crippen molar-refractivity contribution in [3.8, 4) is 0 Å². The molecule has 4 nitrogen and oxygen atoms in total. The van der Waals surface area contributed by atoms with Gasteiger partial charge < -0.3 is 5.73 Å². The van der Waals surface area contributed by atoms with Crippen molar-refractivity contribution in [2.75, 3.05) is 6.54 Å². The summed E-state index contributed by atoms with van der Waals surface area (Å²) in [5.74, 6) is 1.54. The van der Waals surface area contributed by atoms with Crippen molar-refractivity contribution in [3.63, 3.8) is 0 Å². The van der Waals surface area contributed by atoms with Crippen LogP contribution in [0.1, 0.15) is 17.2 Å². The Morgan fingerprint density at radius 1 is 1.24 bits per heavy atom. The topological polar surface area (TPSA) is 67.6 Å². The molecule has 0 fully saturated rings. The van der Waals surface area contributed by atoms with Gasteiger partial charge in [-0.3, -0.25) is 5.10 Å². The Morgan fingerprint density at radius 3 is 2.76 bits per heavy atom. The number of nitrogens with zero attached hydrogens (tertiary/aromatic N) is 2. The van der Waals surface area contributed by atoms with Gasteiger partial charge in [0.05, 0.1) is 10.0 Å². The Kier molecular flexibility index (Phi) is 3.99. The first-order valence-electron chi connectivity index (χ1n) is 5.23. The van der Waals surface area contributed by atoms with Gasteiger partial charge in [0, 0.05) is 12.8 Å². The maximum atomic E-state index is 5.94. The van der Waals surface area contributed by atoms with Crippen molar-refractivity contribution >= 4 is 23.2 Å². The molecule has 0 aliphatic carbocycles. The van der Waals surface area contributed by atoms with E-state index in [1.54, 1.807) is 6.07 Å². The summed E-state index contributed by atoms with van der Waals surface area (Å²) in [6.07, 6.45) is 1.33. The van der Waals surface area contributed by atoms with Crippen LogP contribution in [0, 0.1) is 0 Å². The zero-order valence-electron chi connectivity index (χ0n) is 9.08. The average molecular weight is 271 g/mol. The van der Waals surface area contributed by atoms with Crippen LogP contribution in [-0.2, 0) is 12.8 Å². The zero-order chi connectivity index (χ0) is 12.3. The van der Waals surface area contributed by atoms with Gasteiger partial charge in [0.2, 0.25) is 0 Å². The fraction of sp³-hybridized carbons (Fsp3) is 0.273. The van der Waals surface area contributed by atoms with Gasteiger partial charge in [-0.15, -0.1) is 0 Å². The molecule has 0 aliphatic heterocycles. The molecule has 2 rings (SSSR count). The molecule has 2 aromatic rings. The molecule has 3 N–H and O–H groups in total. The van der Waals surface area contributed by atoms with Gasteiger partial charge in [-0.1, -0.05) is 29.3 Å².